The number of aromatic nitrogens is 8. The van der Waals surface area contributed by atoms with Crippen molar-refractivity contribution in [3.05, 3.63) is 18.5 Å². The van der Waals surface area contributed by atoms with E-state index in [-0.39, 0.29) is 5.95 Å². The normalized spacial score (nSPS) is 10.8. The number of nitrogen functional groups attached to an aromatic ring is 1. The Balaban J connectivity index is 1.94. The van der Waals surface area contributed by atoms with E-state index in [1.165, 1.54) is 40.6 Å². The van der Waals surface area contributed by atoms with Gasteiger partial charge in [-0.05, 0) is 30.2 Å². The molecule has 3 aromatic heterocycles. The lowest BCUT2D eigenvalue weighted by molar-refractivity contribution is 0.763. The molecular weight excluding hydrogens is 286 g/mol. The molecule has 0 atom stereocenters. The maximum Gasteiger partial charge on any atom is 0.257 e. The van der Waals surface area contributed by atoms with Crippen LogP contribution in [0.15, 0.2) is 22.2 Å². The van der Waals surface area contributed by atoms with Crippen LogP contribution < -0.4 is 5.73 Å². The number of anilines is 1. The highest BCUT2D eigenvalue weighted by molar-refractivity contribution is 8.00. The van der Waals surface area contributed by atoms with Gasteiger partial charge < -0.3 is 5.73 Å². The second-order valence-corrected chi connectivity index (χ2v) is 5.29. The zero-order valence-corrected chi connectivity index (χ0v) is 11.3. The minimum atomic E-state index is 0.115. The number of aryl methyl sites for hydroxylation is 1. The quantitative estimate of drug-likeness (QED) is 0.728. The number of hydrogen-bond acceptors (Lipinski definition) is 10. The van der Waals surface area contributed by atoms with Crippen LogP contribution in [0.3, 0.4) is 0 Å². The third-order valence-corrected chi connectivity index (χ3v) is 3.64. The van der Waals surface area contributed by atoms with Crippen molar-refractivity contribution in [2.75, 3.05) is 5.73 Å². The molecule has 0 radical (unpaired) electrons. The smallest absolute Gasteiger partial charge is 0.257 e. The predicted molar refractivity (Wildman–Crippen MR) is 67.9 cm³/mol. The Labute approximate surface area is 115 Å². The van der Waals surface area contributed by atoms with E-state index in [4.69, 9.17) is 5.73 Å². The molecule has 0 aliphatic rings. The van der Waals surface area contributed by atoms with E-state index >= 15 is 0 Å². The summed E-state index contributed by atoms with van der Waals surface area (Å²) in [7, 11) is 0. The third-order valence-electron chi connectivity index (χ3n) is 1.93. The van der Waals surface area contributed by atoms with Gasteiger partial charge in [0.15, 0.2) is 4.34 Å². The molecule has 19 heavy (non-hydrogen) atoms. The van der Waals surface area contributed by atoms with Crippen molar-refractivity contribution in [2.45, 2.75) is 16.4 Å². The van der Waals surface area contributed by atoms with Gasteiger partial charge in [0.25, 0.3) is 5.95 Å². The summed E-state index contributed by atoms with van der Waals surface area (Å²) in [5.74, 6) is 1.14. The van der Waals surface area contributed by atoms with Gasteiger partial charge in [-0.25, -0.2) is 9.97 Å². The van der Waals surface area contributed by atoms with Crippen molar-refractivity contribution in [1.29, 1.82) is 0 Å². The Morgan fingerprint density at radius 3 is 2.84 bits per heavy atom. The summed E-state index contributed by atoms with van der Waals surface area (Å²) in [5.41, 5.74) is 5.65. The van der Waals surface area contributed by atoms with Crippen molar-refractivity contribution in [3.8, 4) is 5.95 Å². The van der Waals surface area contributed by atoms with Crippen LogP contribution in [0, 0.1) is 6.92 Å². The molecule has 9 nitrogen and oxygen atoms in total. The van der Waals surface area contributed by atoms with Gasteiger partial charge in [0.05, 0.1) is 0 Å². The fourth-order valence-corrected chi connectivity index (χ4v) is 2.73. The van der Waals surface area contributed by atoms with Crippen LogP contribution in [0.5, 0.6) is 0 Å². The Morgan fingerprint density at radius 1 is 1.26 bits per heavy atom. The molecule has 0 fully saturated rings. The monoisotopic (exact) mass is 293 g/mol. The van der Waals surface area contributed by atoms with Gasteiger partial charge in [0, 0.05) is 0 Å². The molecule has 0 saturated carbocycles. The first-order chi connectivity index (χ1) is 9.20. The average Bonchev–Trinajstić information content (AvgIpc) is 3.00. The SMILES string of the molecule is Cc1nsc(Sc2nc(N)nc(-n3cncn3)n2)n1. The van der Waals surface area contributed by atoms with E-state index in [1.54, 1.807) is 0 Å². The average molecular weight is 293 g/mol. The number of nitrogens with two attached hydrogens (primary N) is 1. The molecule has 3 rings (SSSR count). The highest BCUT2D eigenvalue weighted by Gasteiger charge is 2.10. The standard InChI is InChI=1S/C8H7N9S2/c1-4-12-8(19-16-4)18-7-14-5(9)13-6(15-7)17-3-10-2-11-17/h2-3H,1H3,(H2,9,13,14,15). The molecule has 0 bridgehead atoms. The van der Waals surface area contributed by atoms with Gasteiger partial charge in [-0.1, -0.05) is 0 Å². The van der Waals surface area contributed by atoms with Gasteiger partial charge in [0.2, 0.25) is 11.1 Å². The summed E-state index contributed by atoms with van der Waals surface area (Å²) in [6, 6.07) is 0. The minimum Gasteiger partial charge on any atom is -0.368 e. The first-order valence-electron chi connectivity index (χ1n) is 5.05. The summed E-state index contributed by atoms with van der Waals surface area (Å²) in [6.45, 7) is 1.82. The summed E-state index contributed by atoms with van der Waals surface area (Å²) in [6.07, 6.45) is 2.87. The first-order valence-corrected chi connectivity index (χ1v) is 6.64. The van der Waals surface area contributed by atoms with Crippen molar-refractivity contribution in [3.63, 3.8) is 0 Å². The van der Waals surface area contributed by atoms with Gasteiger partial charge in [-0.2, -0.15) is 29.1 Å². The fraction of sp³-hybridized carbons (Fsp3) is 0.125. The van der Waals surface area contributed by atoms with Gasteiger partial charge >= 0.3 is 0 Å². The summed E-state index contributed by atoms with van der Waals surface area (Å²) >= 11 is 2.55. The van der Waals surface area contributed by atoms with E-state index in [1.807, 2.05) is 6.92 Å². The van der Waals surface area contributed by atoms with Crippen LogP contribution in [0.4, 0.5) is 5.95 Å². The second kappa shape index (κ2) is 4.85. The van der Waals surface area contributed by atoms with Crippen molar-refractivity contribution in [2.24, 2.45) is 0 Å². The molecule has 0 aliphatic heterocycles. The molecule has 0 unspecified atom stereocenters. The highest BCUT2D eigenvalue weighted by Crippen LogP contribution is 2.26. The molecule has 0 aromatic carbocycles. The van der Waals surface area contributed by atoms with Crippen LogP contribution in [0.1, 0.15) is 5.82 Å². The summed E-state index contributed by atoms with van der Waals surface area (Å²) in [4.78, 5) is 20.3. The molecular formula is C8H7N9S2. The topological polar surface area (TPSA) is 121 Å². The fourth-order valence-electron chi connectivity index (χ4n) is 1.22. The van der Waals surface area contributed by atoms with Crippen LogP contribution in [-0.4, -0.2) is 39.1 Å². The maximum absolute atomic E-state index is 5.65. The van der Waals surface area contributed by atoms with Crippen LogP contribution in [-0.2, 0) is 0 Å². The van der Waals surface area contributed by atoms with Crippen LogP contribution in [0.2, 0.25) is 0 Å². The molecule has 11 heteroatoms. The molecule has 0 aliphatic carbocycles. The minimum absolute atomic E-state index is 0.115. The van der Waals surface area contributed by atoms with Gasteiger partial charge in [0.1, 0.15) is 18.5 Å². The zero-order chi connectivity index (χ0) is 13.2. The largest absolute Gasteiger partial charge is 0.368 e. The van der Waals surface area contributed by atoms with E-state index in [0.717, 1.165) is 4.34 Å². The molecule has 3 aromatic rings. The molecule has 0 saturated heterocycles. The zero-order valence-electron chi connectivity index (χ0n) is 9.63. The van der Waals surface area contributed by atoms with E-state index in [2.05, 4.69) is 34.4 Å². The summed E-state index contributed by atoms with van der Waals surface area (Å²) < 4.78 is 6.24. The lowest BCUT2D eigenvalue weighted by atomic mass is 10.8. The van der Waals surface area contributed by atoms with Gasteiger partial charge in [-0.3, -0.25) is 0 Å². The highest BCUT2D eigenvalue weighted by atomic mass is 32.2. The predicted octanol–water partition coefficient (Wildman–Crippen LogP) is 0.346. The van der Waals surface area contributed by atoms with E-state index < -0.39 is 0 Å². The second-order valence-electron chi connectivity index (χ2n) is 3.33. The molecule has 0 spiro atoms. The Morgan fingerprint density at radius 2 is 2.16 bits per heavy atom. The van der Waals surface area contributed by atoms with Crippen molar-refractivity contribution < 1.29 is 0 Å². The molecule has 96 valence electrons. The van der Waals surface area contributed by atoms with Crippen LogP contribution in [0.25, 0.3) is 5.95 Å². The lowest BCUT2D eigenvalue weighted by Gasteiger charge is -2.01. The Hall–Kier alpha value is -2.14. The van der Waals surface area contributed by atoms with E-state index in [9.17, 15) is 0 Å². The Bertz CT molecular complexity index is 692. The number of nitrogens with zero attached hydrogens (tertiary/aromatic N) is 8. The third kappa shape index (κ3) is 2.66. The summed E-state index contributed by atoms with van der Waals surface area (Å²) in [5, 5.41) is 4.38. The first kappa shape index (κ1) is 11.9. The Kier molecular flexibility index (Phi) is 3.05. The molecule has 3 heterocycles. The van der Waals surface area contributed by atoms with Crippen LogP contribution >= 0.6 is 23.3 Å². The number of rotatable bonds is 3. The number of hydrogen-bond donors (Lipinski definition) is 1. The lowest BCUT2D eigenvalue weighted by Crippen LogP contribution is -2.07. The van der Waals surface area contributed by atoms with Crippen molar-refractivity contribution >= 4 is 29.2 Å². The van der Waals surface area contributed by atoms with Crippen molar-refractivity contribution in [1.82, 2.24) is 39.1 Å². The maximum atomic E-state index is 5.65. The van der Waals surface area contributed by atoms with E-state index in [0.29, 0.717) is 16.9 Å². The van der Waals surface area contributed by atoms with Gasteiger partial charge in [-0.15, -0.1) is 0 Å². The molecule has 0 amide bonds. The molecule has 2 N–H and O–H groups in total.